The van der Waals surface area contributed by atoms with E-state index in [9.17, 15) is 9.59 Å². The number of carbonyl (C=O) groups excluding carboxylic acids is 2. The zero-order valence-electron chi connectivity index (χ0n) is 10.5. The predicted molar refractivity (Wildman–Crippen MR) is 73.5 cm³/mol. The number of ether oxygens (including phenoxy) is 1. The second-order valence-electron chi connectivity index (χ2n) is 3.52. The van der Waals surface area contributed by atoms with Crippen molar-refractivity contribution in [3.05, 3.63) is 35.9 Å². The largest absolute Gasteiger partial charge is 0.466 e. The highest BCUT2D eigenvalue weighted by Gasteiger charge is 2.07. The topological polar surface area (TPSA) is 43.4 Å². The highest BCUT2D eigenvalue weighted by molar-refractivity contribution is 7.98. The fourth-order valence-corrected chi connectivity index (χ4v) is 1.99. The zero-order valence-corrected chi connectivity index (χ0v) is 11.3. The van der Waals surface area contributed by atoms with E-state index in [1.807, 2.05) is 30.5 Å². The second-order valence-corrected chi connectivity index (χ2v) is 4.37. The predicted octanol–water partition coefficient (Wildman–Crippen LogP) is 2.94. The first-order valence-corrected chi connectivity index (χ1v) is 6.89. The molecule has 0 aromatic heterocycles. The quantitative estimate of drug-likeness (QED) is 0.343. The summed E-state index contributed by atoms with van der Waals surface area (Å²) in [7, 11) is 0. The van der Waals surface area contributed by atoms with Gasteiger partial charge in [0, 0.05) is 4.90 Å². The summed E-state index contributed by atoms with van der Waals surface area (Å²) >= 11 is 1.61. The van der Waals surface area contributed by atoms with E-state index in [4.69, 9.17) is 4.74 Å². The first kappa shape index (κ1) is 14.5. The minimum Gasteiger partial charge on any atom is -0.466 e. The van der Waals surface area contributed by atoms with Gasteiger partial charge in [-0.1, -0.05) is 24.3 Å². The van der Waals surface area contributed by atoms with Crippen LogP contribution in [0.1, 0.15) is 18.9 Å². The second kappa shape index (κ2) is 7.71. The number of hydrogen-bond acceptors (Lipinski definition) is 4. The monoisotopic (exact) mass is 264 g/mol. The molecule has 0 aliphatic rings. The molecule has 0 N–H and O–H groups in total. The molecule has 1 aromatic rings. The van der Waals surface area contributed by atoms with Crippen molar-refractivity contribution in [3.8, 4) is 0 Å². The van der Waals surface area contributed by atoms with Crippen LogP contribution in [0.15, 0.2) is 35.2 Å². The first-order chi connectivity index (χ1) is 8.67. The third-order valence-corrected chi connectivity index (χ3v) is 3.02. The number of hydrogen-bond donors (Lipinski definition) is 0. The van der Waals surface area contributed by atoms with Gasteiger partial charge in [-0.25, -0.2) is 0 Å². The maximum atomic E-state index is 11.5. The lowest BCUT2D eigenvalue weighted by molar-refractivity contribution is -0.144. The van der Waals surface area contributed by atoms with Crippen molar-refractivity contribution in [2.75, 3.05) is 12.9 Å². The molecule has 0 bridgehead atoms. The summed E-state index contributed by atoms with van der Waals surface area (Å²) in [5.74, 6) is -0.727. The van der Waals surface area contributed by atoms with Crippen LogP contribution in [0.5, 0.6) is 0 Å². The Bertz CT molecular complexity index is 452. The third-order valence-electron chi connectivity index (χ3n) is 2.21. The van der Waals surface area contributed by atoms with E-state index >= 15 is 0 Å². The number of esters is 1. The van der Waals surface area contributed by atoms with Gasteiger partial charge in [-0.3, -0.25) is 9.59 Å². The van der Waals surface area contributed by atoms with Crippen molar-refractivity contribution >= 4 is 29.6 Å². The van der Waals surface area contributed by atoms with Crippen LogP contribution in [0, 0.1) is 0 Å². The number of thioether (sulfide) groups is 1. The third kappa shape index (κ3) is 4.75. The van der Waals surface area contributed by atoms with Crippen LogP contribution in [-0.2, 0) is 14.3 Å². The molecule has 0 spiro atoms. The van der Waals surface area contributed by atoms with Crippen LogP contribution in [0.4, 0.5) is 0 Å². The lowest BCUT2D eigenvalue weighted by Crippen LogP contribution is -2.09. The Morgan fingerprint density at radius 2 is 2.06 bits per heavy atom. The molecule has 0 aliphatic carbocycles. The van der Waals surface area contributed by atoms with Crippen LogP contribution in [-0.4, -0.2) is 24.6 Å². The van der Waals surface area contributed by atoms with Crippen molar-refractivity contribution in [3.63, 3.8) is 0 Å². The molecule has 0 saturated heterocycles. The molecule has 96 valence electrons. The molecule has 0 amide bonds. The summed E-state index contributed by atoms with van der Waals surface area (Å²) in [5.41, 5.74) is 0.974. The first-order valence-electron chi connectivity index (χ1n) is 5.67. The molecule has 0 heterocycles. The van der Waals surface area contributed by atoms with Crippen molar-refractivity contribution in [2.45, 2.75) is 18.2 Å². The molecule has 1 rings (SSSR count). The van der Waals surface area contributed by atoms with E-state index in [1.165, 1.54) is 6.08 Å². The smallest absolute Gasteiger partial charge is 0.313 e. The Kier molecular flexibility index (Phi) is 6.22. The van der Waals surface area contributed by atoms with Crippen molar-refractivity contribution < 1.29 is 14.3 Å². The van der Waals surface area contributed by atoms with Gasteiger partial charge in [0.1, 0.15) is 6.42 Å². The molecule has 0 saturated carbocycles. The number of carbonyl (C=O) groups is 2. The van der Waals surface area contributed by atoms with Crippen LogP contribution in [0.2, 0.25) is 0 Å². The summed E-state index contributed by atoms with van der Waals surface area (Å²) in [6, 6.07) is 7.78. The van der Waals surface area contributed by atoms with Crippen molar-refractivity contribution in [1.29, 1.82) is 0 Å². The molecule has 4 heteroatoms. The molecular formula is C14H16O3S. The Morgan fingerprint density at radius 1 is 1.33 bits per heavy atom. The fraction of sp³-hybridized carbons (Fsp3) is 0.286. The summed E-state index contributed by atoms with van der Waals surface area (Å²) in [5, 5.41) is 0. The number of ketones is 1. The van der Waals surface area contributed by atoms with Gasteiger partial charge in [0.2, 0.25) is 0 Å². The van der Waals surface area contributed by atoms with Gasteiger partial charge in [0.15, 0.2) is 5.78 Å². The van der Waals surface area contributed by atoms with Gasteiger partial charge in [0.05, 0.1) is 6.61 Å². The van der Waals surface area contributed by atoms with Crippen LogP contribution < -0.4 is 0 Å². The maximum absolute atomic E-state index is 11.5. The van der Waals surface area contributed by atoms with E-state index in [0.29, 0.717) is 6.61 Å². The van der Waals surface area contributed by atoms with Crippen molar-refractivity contribution in [2.24, 2.45) is 0 Å². The van der Waals surface area contributed by atoms with Gasteiger partial charge in [0.25, 0.3) is 0 Å². The van der Waals surface area contributed by atoms with Gasteiger partial charge in [-0.05, 0) is 30.9 Å². The maximum Gasteiger partial charge on any atom is 0.313 e. The molecule has 0 atom stereocenters. The Morgan fingerprint density at radius 3 is 2.72 bits per heavy atom. The summed E-state index contributed by atoms with van der Waals surface area (Å²) in [4.78, 5) is 23.7. The van der Waals surface area contributed by atoms with Gasteiger partial charge in [-0.15, -0.1) is 11.8 Å². The van der Waals surface area contributed by atoms with Crippen LogP contribution >= 0.6 is 11.8 Å². The molecule has 0 radical (unpaired) electrons. The minimum absolute atomic E-state index is 0.203. The van der Waals surface area contributed by atoms with E-state index in [1.54, 1.807) is 24.8 Å². The molecule has 1 aromatic carbocycles. The van der Waals surface area contributed by atoms with Gasteiger partial charge >= 0.3 is 5.97 Å². The molecule has 0 aliphatic heterocycles. The Labute approximate surface area is 111 Å². The van der Waals surface area contributed by atoms with Gasteiger partial charge < -0.3 is 4.74 Å². The number of rotatable bonds is 6. The summed E-state index contributed by atoms with van der Waals surface area (Å²) < 4.78 is 4.71. The Balaban J connectivity index is 2.63. The highest BCUT2D eigenvalue weighted by Crippen LogP contribution is 2.20. The van der Waals surface area contributed by atoms with E-state index in [-0.39, 0.29) is 12.2 Å². The number of allylic oxidation sites excluding steroid dienone is 1. The summed E-state index contributed by atoms with van der Waals surface area (Å²) in [6.07, 6.45) is 4.93. The van der Waals surface area contributed by atoms with Gasteiger partial charge in [-0.2, -0.15) is 0 Å². The van der Waals surface area contributed by atoms with E-state index < -0.39 is 5.97 Å². The summed E-state index contributed by atoms with van der Waals surface area (Å²) in [6.45, 7) is 2.01. The lowest BCUT2D eigenvalue weighted by Gasteiger charge is -2.01. The molecule has 18 heavy (non-hydrogen) atoms. The van der Waals surface area contributed by atoms with Crippen LogP contribution in [0.25, 0.3) is 6.08 Å². The van der Waals surface area contributed by atoms with E-state index in [0.717, 1.165) is 10.5 Å². The Hall–Kier alpha value is -1.55. The fourth-order valence-electron chi connectivity index (χ4n) is 1.40. The standard InChI is InChI=1S/C14H16O3S/c1-3-17-14(16)10-12(15)9-8-11-6-4-5-7-13(11)18-2/h4-9H,3,10H2,1-2H3. The van der Waals surface area contributed by atoms with Crippen molar-refractivity contribution in [1.82, 2.24) is 0 Å². The SMILES string of the molecule is CCOC(=O)CC(=O)C=Cc1ccccc1SC. The molecular weight excluding hydrogens is 248 g/mol. The lowest BCUT2D eigenvalue weighted by atomic mass is 10.2. The van der Waals surface area contributed by atoms with Crippen LogP contribution in [0.3, 0.4) is 0 Å². The minimum atomic E-state index is -0.481. The molecule has 3 nitrogen and oxygen atoms in total. The molecule has 0 unspecified atom stereocenters. The normalized spacial score (nSPS) is 10.6. The van der Waals surface area contributed by atoms with E-state index in [2.05, 4.69) is 0 Å². The highest BCUT2D eigenvalue weighted by atomic mass is 32.2. The zero-order chi connectivity index (χ0) is 13.4. The average Bonchev–Trinajstić information content (AvgIpc) is 2.37. The average molecular weight is 264 g/mol. The molecule has 0 fully saturated rings. The number of benzene rings is 1.